The number of nitrogens with zero attached hydrogens (tertiary/aromatic N) is 2. The lowest BCUT2D eigenvalue weighted by atomic mass is 10.3. The van der Waals surface area contributed by atoms with Crippen molar-refractivity contribution >= 4 is 23.6 Å². The van der Waals surface area contributed by atoms with E-state index < -0.39 is 42.3 Å². The SMILES string of the molecule is O=C1C=CC(=O)N1CCC(O)OCC(O)COC(O)CCN1C(=O)C=CC1=O. The van der Waals surface area contributed by atoms with Crippen molar-refractivity contribution in [1.29, 1.82) is 0 Å². The van der Waals surface area contributed by atoms with Crippen LogP contribution in [0, 0.1) is 0 Å². The Labute approximate surface area is 160 Å². The Hall–Kier alpha value is -2.44. The molecular formula is C17H22N2O9. The Balaban J connectivity index is 1.55. The summed E-state index contributed by atoms with van der Waals surface area (Å²) in [5, 5.41) is 29.1. The maximum atomic E-state index is 11.4. The summed E-state index contributed by atoms with van der Waals surface area (Å²) in [6.07, 6.45) is 0.714. The summed E-state index contributed by atoms with van der Waals surface area (Å²) >= 11 is 0. The van der Waals surface area contributed by atoms with Gasteiger partial charge < -0.3 is 24.8 Å². The second-order valence-corrected chi connectivity index (χ2v) is 6.13. The molecule has 2 aliphatic rings. The Bertz CT molecular complexity index is 584. The van der Waals surface area contributed by atoms with Crippen LogP contribution in [0.2, 0.25) is 0 Å². The predicted molar refractivity (Wildman–Crippen MR) is 90.9 cm³/mol. The summed E-state index contributed by atoms with van der Waals surface area (Å²) in [6.45, 7) is -0.665. The quantitative estimate of drug-likeness (QED) is 0.242. The van der Waals surface area contributed by atoms with Crippen molar-refractivity contribution in [2.24, 2.45) is 0 Å². The number of ether oxygens (including phenoxy) is 2. The normalized spacial score (nSPS) is 19.8. The van der Waals surface area contributed by atoms with E-state index in [-0.39, 0.29) is 39.1 Å². The maximum absolute atomic E-state index is 11.4. The highest BCUT2D eigenvalue weighted by molar-refractivity contribution is 6.13. The Morgan fingerprint density at radius 1 is 0.679 bits per heavy atom. The molecule has 0 aromatic rings. The molecule has 0 aliphatic carbocycles. The van der Waals surface area contributed by atoms with E-state index in [0.29, 0.717) is 0 Å². The zero-order valence-corrected chi connectivity index (χ0v) is 15.0. The first-order valence-electron chi connectivity index (χ1n) is 8.62. The molecule has 11 nitrogen and oxygen atoms in total. The van der Waals surface area contributed by atoms with Gasteiger partial charge in [-0.15, -0.1) is 0 Å². The van der Waals surface area contributed by atoms with Gasteiger partial charge in [0, 0.05) is 50.2 Å². The summed E-state index contributed by atoms with van der Waals surface area (Å²) in [5.74, 6) is -1.86. The molecule has 0 radical (unpaired) electrons. The van der Waals surface area contributed by atoms with Crippen molar-refractivity contribution < 1.29 is 44.0 Å². The standard InChI is InChI=1S/C17H22N2O9/c20-11(9-27-16(25)5-7-18-12(21)1-2-13(18)22)10-28-17(26)6-8-19-14(23)3-4-15(19)24/h1-4,11,16-17,20,25-26H,5-10H2. The molecule has 4 amide bonds. The summed E-state index contributed by atoms with van der Waals surface area (Å²) in [6, 6.07) is 0. The zero-order chi connectivity index (χ0) is 20.7. The number of carbonyl (C=O) groups is 4. The van der Waals surface area contributed by atoms with Crippen molar-refractivity contribution in [2.45, 2.75) is 31.5 Å². The summed E-state index contributed by atoms with van der Waals surface area (Å²) in [5.41, 5.74) is 0. The van der Waals surface area contributed by atoms with Crippen LogP contribution in [-0.4, -0.2) is 93.7 Å². The van der Waals surface area contributed by atoms with E-state index in [1.165, 1.54) is 0 Å². The van der Waals surface area contributed by atoms with Crippen LogP contribution < -0.4 is 0 Å². The molecular weight excluding hydrogens is 376 g/mol. The second-order valence-electron chi connectivity index (χ2n) is 6.13. The first-order valence-corrected chi connectivity index (χ1v) is 8.62. The smallest absolute Gasteiger partial charge is 0.253 e. The Morgan fingerprint density at radius 3 is 1.32 bits per heavy atom. The molecule has 0 saturated heterocycles. The van der Waals surface area contributed by atoms with E-state index in [9.17, 15) is 34.5 Å². The third-order valence-electron chi connectivity index (χ3n) is 3.96. The molecule has 0 fully saturated rings. The van der Waals surface area contributed by atoms with E-state index >= 15 is 0 Å². The molecule has 3 N–H and O–H groups in total. The summed E-state index contributed by atoms with van der Waals surface area (Å²) < 4.78 is 10.0. The van der Waals surface area contributed by atoms with Gasteiger partial charge in [0.1, 0.15) is 6.10 Å². The molecule has 2 heterocycles. The molecule has 2 aliphatic heterocycles. The highest BCUT2D eigenvalue weighted by Gasteiger charge is 2.25. The van der Waals surface area contributed by atoms with Crippen molar-refractivity contribution in [3.05, 3.63) is 24.3 Å². The minimum absolute atomic E-state index is 0.0265. The molecule has 0 bridgehead atoms. The van der Waals surface area contributed by atoms with Gasteiger partial charge in [-0.2, -0.15) is 0 Å². The van der Waals surface area contributed by atoms with Gasteiger partial charge in [0.15, 0.2) is 12.6 Å². The number of hydrogen-bond donors (Lipinski definition) is 3. The number of hydrogen-bond acceptors (Lipinski definition) is 9. The first-order chi connectivity index (χ1) is 13.3. The molecule has 2 atom stereocenters. The molecule has 0 aromatic carbocycles. The second kappa shape index (κ2) is 10.2. The number of carbonyl (C=O) groups excluding carboxylic acids is 4. The van der Waals surface area contributed by atoms with Crippen molar-refractivity contribution in [1.82, 2.24) is 9.80 Å². The number of aliphatic hydroxyl groups is 3. The van der Waals surface area contributed by atoms with Crippen LogP contribution in [0.4, 0.5) is 0 Å². The zero-order valence-electron chi connectivity index (χ0n) is 15.0. The molecule has 2 unspecified atom stereocenters. The maximum Gasteiger partial charge on any atom is 0.253 e. The third-order valence-corrected chi connectivity index (χ3v) is 3.96. The van der Waals surface area contributed by atoms with E-state index in [2.05, 4.69) is 0 Å². The van der Waals surface area contributed by atoms with Gasteiger partial charge in [-0.25, -0.2) is 0 Å². The molecule has 0 aromatic heterocycles. The highest BCUT2D eigenvalue weighted by Crippen LogP contribution is 2.08. The van der Waals surface area contributed by atoms with Crippen LogP contribution in [0.25, 0.3) is 0 Å². The molecule has 28 heavy (non-hydrogen) atoms. The van der Waals surface area contributed by atoms with Gasteiger partial charge in [-0.3, -0.25) is 29.0 Å². The van der Waals surface area contributed by atoms with Gasteiger partial charge in [-0.1, -0.05) is 0 Å². The van der Waals surface area contributed by atoms with Gasteiger partial charge in [0.25, 0.3) is 23.6 Å². The van der Waals surface area contributed by atoms with Crippen molar-refractivity contribution in [3.63, 3.8) is 0 Å². The van der Waals surface area contributed by atoms with E-state index in [4.69, 9.17) is 9.47 Å². The van der Waals surface area contributed by atoms with Crippen LogP contribution in [0.1, 0.15) is 12.8 Å². The van der Waals surface area contributed by atoms with Gasteiger partial charge in [0.05, 0.1) is 13.2 Å². The first kappa shape index (κ1) is 21.9. The lowest BCUT2D eigenvalue weighted by molar-refractivity contribution is -0.161. The monoisotopic (exact) mass is 398 g/mol. The lowest BCUT2D eigenvalue weighted by Gasteiger charge is -2.20. The van der Waals surface area contributed by atoms with Crippen LogP contribution in [0.15, 0.2) is 24.3 Å². The van der Waals surface area contributed by atoms with Crippen LogP contribution in [-0.2, 0) is 28.7 Å². The van der Waals surface area contributed by atoms with Crippen LogP contribution in [0.3, 0.4) is 0 Å². The van der Waals surface area contributed by atoms with Gasteiger partial charge in [0.2, 0.25) is 0 Å². The van der Waals surface area contributed by atoms with Crippen LogP contribution in [0.5, 0.6) is 0 Å². The van der Waals surface area contributed by atoms with E-state index in [1.54, 1.807) is 0 Å². The molecule has 0 spiro atoms. The lowest BCUT2D eigenvalue weighted by Crippen LogP contribution is -2.35. The van der Waals surface area contributed by atoms with Gasteiger partial charge >= 0.3 is 0 Å². The molecule has 2 rings (SSSR count). The minimum atomic E-state index is -1.31. The largest absolute Gasteiger partial charge is 0.388 e. The van der Waals surface area contributed by atoms with E-state index in [1.807, 2.05) is 0 Å². The van der Waals surface area contributed by atoms with E-state index in [0.717, 1.165) is 34.1 Å². The molecule has 11 heteroatoms. The van der Waals surface area contributed by atoms with Crippen molar-refractivity contribution in [3.8, 4) is 0 Å². The summed E-state index contributed by atoms with van der Waals surface area (Å²) in [4.78, 5) is 47.3. The highest BCUT2D eigenvalue weighted by atomic mass is 16.6. The summed E-state index contributed by atoms with van der Waals surface area (Å²) in [7, 11) is 0. The van der Waals surface area contributed by atoms with Crippen molar-refractivity contribution in [2.75, 3.05) is 26.3 Å². The number of amides is 4. The van der Waals surface area contributed by atoms with Gasteiger partial charge in [-0.05, 0) is 0 Å². The number of imide groups is 2. The third kappa shape index (κ3) is 6.32. The number of aliphatic hydroxyl groups excluding tert-OH is 3. The molecule has 0 saturated carbocycles. The average molecular weight is 398 g/mol. The fourth-order valence-corrected chi connectivity index (χ4v) is 2.44. The topological polar surface area (TPSA) is 154 Å². The Kier molecular flexibility index (Phi) is 7.96. The number of rotatable bonds is 12. The predicted octanol–water partition coefficient (Wildman–Crippen LogP) is -2.35. The fourth-order valence-electron chi connectivity index (χ4n) is 2.44. The average Bonchev–Trinajstić information content (AvgIpc) is 3.15. The van der Waals surface area contributed by atoms with Crippen LogP contribution >= 0.6 is 0 Å². The fraction of sp³-hybridized carbons (Fsp3) is 0.529. The molecule has 154 valence electrons. The Morgan fingerprint density at radius 2 is 1.00 bits per heavy atom. The minimum Gasteiger partial charge on any atom is -0.388 e.